The van der Waals surface area contributed by atoms with Gasteiger partial charge >= 0.3 is 0 Å². The fraction of sp³-hybridized carbons (Fsp3) is 1.00. The molecule has 1 atom stereocenters. The molecule has 0 aromatic rings. The Balaban J connectivity index is 2.41. The highest BCUT2D eigenvalue weighted by molar-refractivity contribution is 4.72. The second-order valence-corrected chi connectivity index (χ2v) is 2.93. The summed E-state index contributed by atoms with van der Waals surface area (Å²) in [5, 5.41) is 0. The van der Waals surface area contributed by atoms with Crippen molar-refractivity contribution < 1.29 is 9.47 Å². The Morgan fingerprint density at radius 2 is 2.22 bits per heavy atom. The minimum atomic E-state index is -0.242. The highest BCUT2D eigenvalue weighted by atomic mass is 16.6. The van der Waals surface area contributed by atoms with Gasteiger partial charge < -0.3 is 15.2 Å². The lowest BCUT2D eigenvalue weighted by Gasteiger charge is -2.33. The van der Waals surface area contributed by atoms with Crippen molar-refractivity contribution in [3.63, 3.8) is 0 Å². The smallest absolute Gasteiger partial charge is 0.130 e. The molecule has 1 aliphatic rings. The van der Waals surface area contributed by atoms with Crippen LogP contribution in [0.25, 0.3) is 0 Å². The van der Waals surface area contributed by atoms with E-state index in [9.17, 15) is 0 Å². The summed E-state index contributed by atoms with van der Waals surface area (Å²) in [7, 11) is 0. The van der Waals surface area contributed by atoms with Gasteiger partial charge in [-0.05, 0) is 13.8 Å². The number of nitrogens with two attached hydrogens (primary N) is 1. The van der Waals surface area contributed by atoms with E-state index in [0.717, 1.165) is 0 Å². The Morgan fingerprint density at radius 1 is 1.56 bits per heavy atom. The van der Waals surface area contributed by atoms with Gasteiger partial charge in [-0.2, -0.15) is 0 Å². The van der Waals surface area contributed by atoms with Crippen LogP contribution in [0.3, 0.4) is 0 Å². The molecule has 0 aliphatic carbocycles. The van der Waals surface area contributed by atoms with Crippen molar-refractivity contribution in [1.29, 1.82) is 0 Å². The minimum absolute atomic E-state index is 0.197. The summed E-state index contributed by atoms with van der Waals surface area (Å²) in [6.07, 6.45) is -0.242. The van der Waals surface area contributed by atoms with E-state index in [1.807, 2.05) is 13.8 Å². The molecule has 0 saturated carbocycles. The molecule has 1 rings (SSSR count). The van der Waals surface area contributed by atoms with Gasteiger partial charge in [0, 0.05) is 0 Å². The normalized spacial score (nSPS) is 34.3. The van der Waals surface area contributed by atoms with Crippen molar-refractivity contribution in [3.05, 3.63) is 0 Å². The SMILES string of the molecule is CC1(C)COCC(N)O1. The van der Waals surface area contributed by atoms with Gasteiger partial charge in [0.05, 0.1) is 18.8 Å². The van der Waals surface area contributed by atoms with Crippen molar-refractivity contribution in [3.8, 4) is 0 Å². The van der Waals surface area contributed by atoms with E-state index < -0.39 is 0 Å². The average Bonchev–Trinajstić information content (AvgIpc) is 1.60. The van der Waals surface area contributed by atoms with E-state index in [0.29, 0.717) is 13.2 Å². The van der Waals surface area contributed by atoms with E-state index in [-0.39, 0.29) is 11.8 Å². The molecular weight excluding hydrogens is 118 g/mol. The van der Waals surface area contributed by atoms with Crippen LogP contribution in [0.15, 0.2) is 0 Å². The van der Waals surface area contributed by atoms with Crippen LogP contribution >= 0.6 is 0 Å². The largest absolute Gasteiger partial charge is 0.374 e. The predicted molar refractivity (Wildman–Crippen MR) is 34.0 cm³/mol. The second kappa shape index (κ2) is 2.25. The molecule has 2 N–H and O–H groups in total. The maximum Gasteiger partial charge on any atom is 0.130 e. The van der Waals surface area contributed by atoms with Crippen molar-refractivity contribution in [2.45, 2.75) is 25.7 Å². The molecule has 9 heavy (non-hydrogen) atoms. The fourth-order valence-corrected chi connectivity index (χ4v) is 0.899. The summed E-state index contributed by atoms with van der Waals surface area (Å²) in [6, 6.07) is 0. The average molecular weight is 131 g/mol. The number of hydrogen-bond donors (Lipinski definition) is 1. The van der Waals surface area contributed by atoms with Crippen molar-refractivity contribution in [2.75, 3.05) is 13.2 Å². The van der Waals surface area contributed by atoms with E-state index >= 15 is 0 Å². The highest BCUT2D eigenvalue weighted by Crippen LogP contribution is 2.15. The Labute approximate surface area is 55.1 Å². The van der Waals surface area contributed by atoms with Crippen LogP contribution in [0.4, 0.5) is 0 Å². The molecule has 0 aromatic heterocycles. The number of ether oxygens (including phenoxy) is 2. The summed E-state index contributed by atoms with van der Waals surface area (Å²) in [6.45, 7) is 5.09. The third kappa shape index (κ3) is 1.93. The molecule has 0 spiro atoms. The summed E-state index contributed by atoms with van der Waals surface area (Å²) in [4.78, 5) is 0. The van der Waals surface area contributed by atoms with Crippen LogP contribution < -0.4 is 5.73 Å². The lowest BCUT2D eigenvalue weighted by Crippen LogP contribution is -2.47. The Bertz CT molecular complexity index is 103. The molecule has 1 aliphatic heterocycles. The first-order valence-electron chi connectivity index (χ1n) is 3.11. The Kier molecular flexibility index (Phi) is 1.75. The van der Waals surface area contributed by atoms with Crippen molar-refractivity contribution in [2.24, 2.45) is 5.73 Å². The highest BCUT2D eigenvalue weighted by Gasteiger charge is 2.26. The monoisotopic (exact) mass is 131 g/mol. The van der Waals surface area contributed by atoms with Crippen molar-refractivity contribution >= 4 is 0 Å². The lowest BCUT2D eigenvalue weighted by molar-refractivity contribution is -0.179. The van der Waals surface area contributed by atoms with Crippen LogP contribution in [-0.4, -0.2) is 25.0 Å². The van der Waals surface area contributed by atoms with Crippen LogP contribution in [-0.2, 0) is 9.47 Å². The first kappa shape index (κ1) is 6.99. The molecule has 3 heteroatoms. The molecule has 1 heterocycles. The zero-order valence-corrected chi connectivity index (χ0v) is 5.89. The van der Waals surface area contributed by atoms with Gasteiger partial charge in [0.25, 0.3) is 0 Å². The molecule has 0 radical (unpaired) electrons. The molecule has 0 amide bonds. The fourth-order valence-electron chi connectivity index (χ4n) is 0.899. The second-order valence-electron chi connectivity index (χ2n) is 2.93. The van der Waals surface area contributed by atoms with Gasteiger partial charge in [0.2, 0.25) is 0 Å². The van der Waals surface area contributed by atoms with E-state index in [4.69, 9.17) is 15.2 Å². The zero-order valence-electron chi connectivity index (χ0n) is 5.89. The molecule has 54 valence electrons. The van der Waals surface area contributed by atoms with Gasteiger partial charge in [-0.3, -0.25) is 0 Å². The molecule has 1 saturated heterocycles. The summed E-state index contributed by atoms with van der Waals surface area (Å²) < 4.78 is 10.5. The third-order valence-electron chi connectivity index (χ3n) is 1.20. The van der Waals surface area contributed by atoms with Crippen LogP contribution in [0, 0.1) is 0 Å². The van der Waals surface area contributed by atoms with Gasteiger partial charge in [0.15, 0.2) is 0 Å². The Hall–Kier alpha value is -0.120. The molecule has 1 unspecified atom stereocenters. The number of rotatable bonds is 0. The zero-order chi connectivity index (χ0) is 6.91. The lowest BCUT2D eigenvalue weighted by atomic mass is 10.1. The van der Waals surface area contributed by atoms with Crippen LogP contribution in [0.5, 0.6) is 0 Å². The van der Waals surface area contributed by atoms with Gasteiger partial charge in [-0.1, -0.05) is 0 Å². The molecule has 0 aromatic carbocycles. The van der Waals surface area contributed by atoms with E-state index in [1.54, 1.807) is 0 Å². The summed E-state index contributed by atoms with van der Waals surface area (Å²) in [5.74, 6) is 0. The van der Waals surface area contributed by atoms with E-state index in [1.165, 1.54) is 0 Å². The van der Waals surface area contributed by atoms with Gasteiger partial charge in [0.1, 0.15) is 6.23 Å². The maximum absolute atomic E-state index is 5.46. The molecule has 0 bridgehead atoms. The summed E-state index contributed by atoms with van der Waals surface area (Å²) in [5.41, 5.74) is 5.27. The first-order chi connectivity index (χ1) is 4.10. The molecule has 1 fully saturated rings. The summed E-state index contributed by atoms with van der Waals surface area (Å²) >= 11 is 0. The molecular formula is C6H13NO2. The Morgan fingerprint density at radius 3 is 2.56 bits per heavy atom. The third-order valence-corrected chi connectivity index (χ3v) is 1.20. The standard InChI is InChI=1S/C6H13NO2/c1-6(2)4-8-3-5(7)9-6/h5H,3-4,7H2,1-2H3. The molecule has 3 nitrogen and oxygen atoms in total. The topological polar surface area (TPSA) is 44.5 Å². The predicted octanol–water partition coefficient (Wildman–Crippen LogP) is 0.0966. The van der Waals surface area contributed by atoms with Crippen LogP contribution in [0.1, 0.15) is 13.8 Å². The van der Waals surface area contributed by atoms with E-state index in [2.05, 4.69) is 0 Å². The first-order valence-corrected chi connectivity index (χ1v) is 3.11. The quantitative estimate of drug-likeness (QED) is 0.507. The van der Waals surface area contributed by atoms with Crippen molar-refractivity contribution in [1.82, 2.24) is 0 Å². The minimum Gasteiger partial charge on any atom is -0.374 e. The van der Waals surface area contributed by atoms with Gasteiger partial charge in [-0.15, -0.1) is 0 Å². The van der Waals surface area contributed by atoms with Gasteiger partial charge in [-0.25, -0.2) is 0 Å². The van der Waals surface area contributed by atoms with Crippen LogP contribution in [0.2, 0.25) is 0 Å². The number of hydrogen-bond acceptors (Lipinski definition) is 3. The maximum atomic E-state index is 5.46.